The van der Waals surface area contributed by atoms with Crippen LogP contribution in [0.25, 0.3) is 0 Å². The minimum Gasteiger partial charge on any atom is -0.401 e. The van der Waals surface area contributed by atoms with E-state index in [9.17, 15) is 4.79 Å². The van der Waals surface area contributed by atoms with Gasteiger partial charge in [-0.25, -0.2) is 4.99 Å². The number of hydrogen-bond donors (Lipinski definition) is 0. The molecule has 1 unspecified atom stereocenters. The molecule has 0 saturated heterocycles. The summed E-state index contributed by atoms with van der Waals surface area (Å²) in [5, 5.41) is 0.550. The first-order valence-electron chi connectivity index (χ1n) is 4.63. The maximum absolute atomic E-state index is 11.1. The van der Waals surface area contributed by atoms with Crippen molar-refractivity contribution < 1.29 is 9.53 Å². The lowest BCUT2D eigenvalue weighted by Gasteiger charge is -2.00. The molecule has 0 aromatic carbocycles. The number of ether oxygens (including phenoxy) is 1. The van der Waals surface area contributed by atoms with E-state index >= 15 is 0 Å². The second kappa shape index (κ2) is 5.27. The molecule has 1 atom stereocenters. The Labute approximate surface area is 82.9 Å². The second-order valence-corrected chi connectivity index (χ2v) is 4.10. The molecule has 13 heavy (non-hydrogen) atoms. The highest BCUT2D eigenvalue weighted by Gasteiger charge is 2.17. The highest BCUT2D eigenvalue weighted by molar-refractivity contribution is 8.13. The molecule has 1 aliphatic rings. The van der Waals surface area contributed by atoms with Crippen LogP contribution in [-0.4, -0.2) is 23.0 Å². The van der Waals surface area contributed by atoms with Gasteiger partial charge < -0.3 is 4.74 Å². The van der Waals surface area contributed by atoms with Gasteiger partial charge in [0.05, 0.1) is 6.04 Å². The van der Waals surface area contributed by atoms with Crippen molar-refractivity contribution in [2.24, 2.45) is 4.99 Å². The fraction of sp³-hybridized carbons (Fsp3) is 0.778. The molecule has 74 valence electrons. The minimum atomic E-state index is -0.151. The number of aliphatic imine (C=N–C) groups is 1. The summed E-state index contributed by atoms with van der Waals surface area (Å²) >= 11 is 1.52. The Kier molecular flexibility index (Phi) is 4.28. The SMILES string of the molecule is CCCCC(=O)OC1=NC(C)CS1. The largest absolute Gasteiger partial charge is 0.401 e. The van der Waals surface area contributed by atoms with Crippen LogP contribution in [0.5, 0.6) is 0 Å². The van der Waals surface area contributed by atoms with Crippen LogP contribution in [0.4, 0.5) is 0 Å². The molecule has 0 aromatic rings. The molecule has 0 amide bonds. The van der Waals surface area contributed by atoms with E-state index in [1.807, 2.05) is 6.92 Å². The van der Waals surface area contributed by atoms with E-state index < -0.39 is 0 Å². The Hall–Kier alpha value is -0.510. The molecule has 1 aliphatic heterocycles. The molecular formula is C9H15NO2S. The van der Waals surface area contributed by atoms with E-state index in [0.29, 0.717) is 17.7 Å². The van der Waals surface area contributed by atoms with Gasteiger partial charge in [0.25, 0.3) is 5.23 Å². The molecule has 0 aromatic heterocycles. The second-order valence-electron chi connectivity index (χ2n) is 3.13. The van der Waals surface area contributed by atoms with Crippen molar-refractivity contribution >= 4 is 23.0 Å². The van der Waals surface area contributed by atoms with Gasteiger partial charge in [-0.2, -0.15) is 0 Å². The lowest BCUT2D eigenvalue weighted by Crippen LogP contribution is -2.07. The highest BCUT2D eigenvalue weighted by atomic mass is 32.2. The number of carbonyl (C=O) groups is 1. The molecule has 0 saturated carbocycles. The number of thioether (sulfide) groups is 1. The third kappa shape index (κ3) is 3.81. The third-order valence-corrected chi connectivity index (χ3v) is 2.79. The van der Waals surface area contributed by atoms with Crippen LogP contribution >= 0.6 is 11.8 Å². The van der Waals surface area contributed by atoms with Gasteiger partial charge in [-0.05, 0) is 13.3 Å². The lowest BCUT2D eigenvalue weighted by molar-refractivity contribution is -0.135. The average Bonchev–Trinajstić information content (AvgIpc) is 2.48. The minimum absolute atomic E-state index is 0.151. The maximum atomic E-state index is 11.1. The molecule has 0 spiro atoms. The van der Waals surface area contributed by atoms with E-state index in [1.165, 1.54) is 11.8 Å². The van der Waals surface area contributed by atoms with Gasteiger partial charge in [-0.15, -0.1) is 0 Å². The third-order valence-electron chi connectivity index (χ3n) is 1.71. The fourth-order valence-corrected chi connectivity index (χ4v) is 1.84. The predicted molar refractivity (Wildman–Crippen MR) is 55.0 cm³/mol. The van der Waals surface area contributed by atoms with Crippen LogP contribution < -0.4 is 0 Å². The van der Waals surface area contributed by atoms with Gasteiger partial charge in [0.15, 0.2) is 0 Å². The summed E-state index contributed by atoms with van der Waals surface area (Å²) in [5.41, 5.74) is 0. The number of hydrogen-bond acceptors (Lipinski definition) is 4. The van der Waals surface area contributed by atoms with Crippen molar-refractivity contribution in [3.63, 3.8) is 0 Å². The molecule has 0 N–H and O–H groups in total. The molecule has 1 heterocycles. The lowest BCUT2D eigenvalue weighted by atomic mass is 10.3. The van der Waals surface area contributed by atoms with E-state index in [-0.39, 0.29) is 5.97 Å². The smallest absolute Gasteiger partial charge is 0.312 e. The van der Waals surface area contributed by atoms with Gasteiger partial charge in [0.2, 0.25) is 0 Å². The predicted octanol–water partition coefficient (Wildman–Crippen LogP) is 2.21. The topological polar surface area (TPSA) is 38.7 Å². The molecule has 0 fully saturated rings. The zero-order chi connectivity index (χ0) is 9.68. The summed E-state index contributed by atoms with van der Waals surface area (Å²) in [6.07, 6.45) is 2.42. The number of nitrogens with zero attached hydrogens (tertiary/aromatic N) is 1. The van der Waals surface area contributed by atoms with E-state index in [2.05, 4.69) is 11.9 Å². The molecule has 1 rings (SSSR count). The fourth-order valence-electron chi connectivity index (χ4n) is 0.972. The first kappa shape index (κ1) is 10.6. The van der Waals surface area contributed by atoms with Crippen LogP contribution in [0.15, 0.2) is 4.99 Å². The Balaban J connectivity index is 2.24. The number of rotatable bonds is 3. The number of unbranched alkanes of at least 4 members (excludes halogenated alkanes) is 1. The van der Waals surface area contributed by atoms with Crippen LogP contribution in [0.2, 0.25) is 0 Å². The summed E-state index contributed by atoms with van der Waals surface area (Å²) in [6, 6.07) is 0.291. The van der Waals surface area contributed by atoms with Crippen LogP contribution in [0.3, 0.4) is 0 Å². The molecule has 4 heteroatoms. The van der Waals surface area contributed by atoms with Crippen molar-refractivity contribution in [1.29, 1.82) is 0 Å². The van der Waals surface area contributed by atoms with Gasteiger partial charge in [0.1, 0.15) is 0 Å². The van der Waals surface area contributed by atoms with Crippen LogP contribution in [-0.2, 0) is 9.53 Å². The van der Waals surface area contributed by atoms with Crippen LogP contribution in [0, 0.1) is 0 Å². The number of carbonyl (C=O) groups excluding carboxylic acids is 1. The molecule has 3 nitrogen and oxygen atoms in total. The molecule has 0 bridgehead atoms. The van der Waals surface area contributed by atoms with Crippen molar-refractivity contribution in [1.82, 2.24) is 0 Å². The quantitative estimate of drug-likeness (QED) is 0.657. The zero-order valence-corrected chi connectivity index (χ0v) is 8.89. The van der Waals surface area contributed by atoms with Gasteiger partial charge in [-0.1, -0.05) is 25.1 Å². The molecule has 0 radical (unpaired) electrons. The summed E-state index contributed by atoms with van der Waals surface area (Å²) < 4.78 is 5.06. The van der Waals surface area contributed by atoms with Gasteiger partial charge in [0, 0.05) is 12.2 Å². The van der Waals surface area contributed by atoms with Gasteiger partial charge in [-0.3, -0.25) is 4.79 Å². The molecule has 0 aliphatic carbocycles. The van der Waals surface area contributed by atoms with Crippen molar-refractivity contribution in [3.8, 4) is 0 Å². The van der Waals surface area contributed by atoms with E-state index in [1.54, 1.807) is 0 Å². The Morgan fingerprint density at radius 3 is 3.08 bits per heavy atom. The Bertz CT molecular complexity index is 216. The summed E-state index contributed by atoms with van der Waals surface area (Å²) in [4.78, 5) is 15.3. The van der Waals surface area contributed by atoms with Crippen molar-refractivity contribution in [2.45, 2.75) is 39.2 Å². The zero-order valence-electron chi connectivity index (χ0n) is 8.08. The van der Waals surface area contributed by atoms with Crippen molar-refractivity contribution in [3.05, 3.63) is 0 Å². The Morgan fingerprint density at radius 1 is 1.77 bits per heavy atom. The monoisotopic (exact) mass is 201 g/mol. The van der Waals surface area contributed by atoms with E-state index in [0.717, 1.165) is 18.6 Å². The highest BCUT2D eigenvalue weighted by Crippen LogP contribution is 2.18. The number of esters is 1. The van der Waals surface area contributed by atoms with E-state index in [4.69, 9.17) is 4.74 Å². The normalized spacial score (nSPS) is 21.4. The summed E-state index contributed by atoms with van der Waals surface area (Å²) in [7, 11) is 0. The summed E-state index contributed by atoms with van der Waals surface area (Å²) in [6.45, 7) is 4.07. The summed E-state index contributed by atoms with van der Waals surface area (Å²) in [5.74, 6) is 0.776. The Morgan fingerprint density at radius 2 is 2.54 bits per heavy atom. The maximum Gasteiger partial charge on any atom is 0.312 e. The molecular weight excluding hydrogens is 186 g/mol. The first-order chi connectivity index (χ1) is 6.22. The van der Waals surface area contributed by atoms with Gasteiger partial charge >= 0.3 is 5.97 Å². The standard InChI is InChI=1S/C9H15NO2S/c1-3-4-5-8(11)12-9-10-7(2)6-13-9/h7H,3-6H2,1-2H3. The van der Waals surface area contributed by atoms with Crippen molar-refractivity contribution in [2.75, 3.05) is 5.75 Å². The first-order valence-corrected chi connectivity index (χ1v) is 5.62. The van der Waals surface area contributed by atoms with Crippen LogP contribution in [0.1, 0.15) is 33.1 Å². The average molecular weight is 201 g/mol.